The Hall–Kier alpha value is -1.75. The third kappa shape index (κ3) is 4.44. The first-order chi connectivity index (χ1) is 8.95. The molecule has 1 aromatic rings. The number of aromatic carboxylic acids is 1. The van der Waals surface area contributed by atoms with Crippen LogP contribution in [0.4, 0.5) is 11.4 Å². The fourth-order valence-corrected chi connectivity index (χ4v) is 1.89. The third-order valence-electron chi connectivity index (χ3n) is 2.94. The number of hydrogen-bond donors (Lipinski definition) is 2. The van der Waals surface area contributed by atoms with Crippen molar-refractivity contribution in [3.8, 4) is 0 Å². The van der Waals surface area contributed by atoms with Crippen LogP contribution >= 0.6 is 0 Å². The Labute approximate surface area is 114 Å². The number of rotatable bonds is 7. The lowest BCUT2D eigenvalue weighted by Gasteiger charge is -2.26. The average Bonchev–Trinajstić information content (AvgIpc) is 2.34. The van der Waals surface area contributed by atoms with Gasteiger partial charge >= 0.3 is 5.97 Å². The molecule has 19 heavy (non-hydrogen) atoms. The van der Waals surface area contributed by atoms with Gasteiger partial charge in [0.15, 0.2) is 0 Å². The summed E-state index contributed by atoms with van der Waals surface area (Å²) in [6, 6.07) is 5.20. The molecule has 0 fully saturated rings. The Morgan fingerprint density at radius 2 is 1.95 bits per heavy atom. The van der Waals surface area contributed by atoms with Crippen molar-refractivity contribution in [1.82, 2.24) is 4.90 Å². The van der Waals surface area contributed by atoms with E-state index in [1.165, 1.54) is 0 Å². The maximum absolute atomic E-state index is 11.1. The minimum atomic E-state index is -0.983. The van der Waals surface area contributed by atoms with Gasteiger partial charge in [0.1, 0.15) is 0 Å². The molecule has 0 bridgehead atoms. The molecule has 0 saturated heterocycles. The second-order valence-electron chi connectivity index (χ2n) is 4.87. The zero-order valence-electron chi connectivity index (χ0n) is 11.9. The predicted molar refractivity (Wildman–Crippen MR) is 78.9 cm³/mol. The molecule has 0 heterocycles. The number of likely N-dealkylation sites (N-methyl/N-ethyl adjacent to an activating group) is 1. The maximum atomic E-state index is 11.1. The van der Waals surface area contributed by atoms with Crippen molar-refractivity contribution in [2.24, 2.45) is 0 Å². The molecule has 1 aromatic carbocycles. The van der Waals surface area contributed by atoms with Crippen LogP contribution in [0.5, 0.6) is 0 Å². The number of carboxylic acids is 1. The summed E-state index contributed by atoms with van der Waals surface area (Å²) >= 11 is 0. The number of nitrogens with two attached hydrogens (primary N) is 1. The first-order valence-electron chi connectivity index (χ1n) is 6.48. The van der Waals surface area contributed by atoms with Crippen LogP contribution < -0.4 is 10.6 Å². The molecule has 0 aromatic heterocycles. The van der Waals surface area contributed by atoms with Crippen LogP contribution in [0.15, 0.2) is 18.2 Å². The van der Waals surface area contributed by atoms with Crippen molar-refractivity contribution in [3.63, 3.8) is 0 Å². The Morgan fingerprint density at radius 1 is 1.26 bits per heavy atom. The van der Waals surface area contributed by atoms with E-state index in [0.717, 1.165) is 31.7 Å². The quantitative estimate of drug-likeness (QED) is 0.735. The van der Waals surface area contributed by atoms with E-state index >= 15 is 0 Å². The van der Waals surface area contributed by atoms with Crippen LogP contribution in [0.1, 0.15) is 23.7 Å². The van der Waals surface area contributed by atoms with Gasteiger partial charge in [0.05, 0.1) is 5.56 Å². The van der Waals surface area contributed by atoms with Crippen LogP contribution in [-0.4, -0.2) is 49.7 Å². The van der Waals surface area contributed by atoms with Crippen molar-refractivity contribution in [1.29, 1.82) is 0 Å². The molecule has 0 aliphatic heterocycles. The van der Waals surface area contributed by atoms with Crippen LogP contribution in [0.2, 0.25) is 0 Å². The van der Waals surface area contributed by atoms with Gasteiger partial charge in [-0.25, -0.2) is 4.79 Å². The lowest BCUT2D eigenvalue weighted by Crippen LogP contribution is -2.32. The number of anilines is 2. The van der Waals surface area contributed by atoms with Crippen LogP contribution in [-0.2, 0) is 0 Å². The molecule has 5 heteroatoms. The Balaban J connectivity index is 2.95. The third-order valence-corrected chi connectivity index (χ3v) is 2.94. The summed E-state index contributed by atoms with van der Waals surface area (Å²) < 4.78 is 0. The summed E-state index contributed by atoms with van der Waals surface area (Å²) in [5.41, 5.74) is 7.07. The zero-order chi connectivity index (χ0) is 14.4. The monoisotopic (exact) mass is 265 g/mol. The molecule has 0 radical (unpaired) electrons. The molecule has 106 valence electrons. The van der Waals surface area contributed by atoms with Crippen molar-refractivity contribution < 1.29 is 9.90 Å². The summed E-state index contributed by atoms with van der Waals surface area (Å²) in [5.74, 6) is -0.983. The number of nitrogen functional groups attached to an aromatic ring is 1. The van der Waals surface area contributed by atoms with E-state index < -0.39 is 5.97 Å². The highest BCUT2D eigenvalue weighted by Crippen LogP contribution is 2.21. The summed E-state index contributed by atoms with van der Waals surface area (Å²) in [5, 5.41) is 9.11. The lowest BCUT2D eigenvalue weighted by atomic mass is 10.1. The maximum Gasteiger partial charge on any atom is 0.337 e. The number of nitrogens with zero attached hydrogens (tertiary/aromatic N) is 2. The van der Waals surface area contributed by atoms with Gasteiger partial charge in [0, 0.05) is 31.0 Å². The second kappa shape index (κ2) is 6.99. The van der Waals surface area contributed by atoms with E-state index in [2.05, 4.69) is 16.7 Å². The van der Waals surface area contributed by atoms with Gasteiger partial charge in [-0.1, -0.05) is 6.92 Å². The fraction of sp³-hybridized carbons (Fsp3) is 0.500. The summed E-state index contributed by atoms with van der Waals surface area (Å²) in [6.45, 7) is 4.80. The average molecular weight is 265 g/mol. The molecule has 0 saturated carbocycles. The van der Waals surface area contributed by atoms with Gasteiger partial charge in [-0.05, 0) is 38.7 Å². The van der Waals surface area contributed by atoms with E-state index in [0.29, 0.717) is 5.69 Å². The number of hydrogen-bond acceptors (Lipinski definition) is 4. The van der Waals surface area contributed by atoms with Crippen LogP contribution in [0.25, 0.3) is 0 Å². The normalized spacial score (nSPS) is 10.7. The van der Waals surface area contributed by atoms with E-state index in [9.17, 15) is 4.79 Å². The fourth-order valence-electron chi connectivity index (χ4n) is 1.89. The number of benzene rings is 1. The second-order valence-corrected chi connectivity index (χ2v) is 4.87. The molecule has 0 aliphatic rings. The van der Waals surface area contributed by atoms with Gasteiger partial charge in [-0.3, -0.25) is 0 Å². The summed E-state index contributed by atoms with van der Waals surface area (Å²) in [4.78, 5) is 15.4. The minimum Gasteiger partial charge on any atom is -0.478 e. The Kier molecular flexibility index (Phi) is 5.63. The van der Waals surface area contributed by atoms with Crippen LogP contribution in [0.3, 0.4) is 0 Å². The first kappa shape index (κ1) is 15.3. The van der Waals surface area contributed by atoms with E-state index in [-0.39, 0.29) is 5.56 Å². The molecular formula is C14H23N3O2. The number of carboxylic acid groups (broad SMARTS) is 1. The zero-order valence-corrected chi connectivity index (χ0v) is 11.9. The molecule has 3 N–H and O–H groups in total. The van der Waals surface area contributed by atoms with Crippen LogP contribution in [0, 0.1) is 0 Å². The van der Waals surface area contributed by atoms with Crippen molar-refractivity contribution in [3.05, 3.63) is 23.8 Å². The van der Waals surface area contributed by atoms with E-state index in [1.54, 1.807) is 12.1 Å². The topological polar surface area (TPSA) is 69.8 Å². The highest BCUT2D eigenvalue weighted by Gasteiger charge is 2.12. The molecule has 5 nitrogen and oxygen atoms in total. The molecule has 0 spiro atoms. The molecule has 0 aliphatic carbocycles. The van der Waals surface area contributed by atoms with Gasteiger partial charge in [0.25, 0.3) is 0 Å². The summed E-state index contributed by atoms with van der Waals surface area (Å²) in [7, 11) is 4.05. The smallest absolute Gasteiger partial charge is 0.337 e. The molecule has 0 amide bonds. The predicted octanol–water partition coefficient (Wildman–Crippen LogP) is 1.74. The standard InChI is InChI=1S/C14H23N3O2/c1-4-7-17(9-8-16(2)3)11-5-6-13(15)12(10-11)14(18)19/h5-6,10H,4,7-9,15H2,1-3H3,(H,18,19). The first-order valence-corrected chi connectivity index (χ1v) is 6.48. The minimum absolute atomic E-state index is 0.170. The highest BCUT2D eigenvalue weighted by molar-refractivity contribution is 5.94. The summed E-state index contributed by atoms with van der Waals surface area (Å²) in [6.07, 6.45) is 1.01. The largest absolute Gasteiger partial charge is 0.478 e. The van der Waals surface area contributed by atoms with Gasteiger partial charge in [-0.15, -0.1) is 0 Å². The lowest BCUT2D eigenvalue weighted by molar-refractivity contribution is 0.0698. The van der Waals surface area contributed by atoms with E-state index in [1.807, 2.05) is 20.2 Å². The number of carbonyl (C=O) groups is 1. The highest BCUT2D eigenvalue weighted by atomic mass is 16.4. The van der Waals surface area contributed by atoms with Gasteiger partial charge in [0.2, 0.25) is 0 Å². The van der Waals surface area contributed by atoms with Gasteiger partial charge in [-0.2, -0.15) is 0 Å². The SMILES string of the molecule is CCCN(CCN(C)C)c1ccc(N)c(C(=O)O)c1. The van der Waals surface area contributed by atoms with E-state index in [4.69, 9.17) is 10.8 Å². The molecule has 0 atom stereocenters. The van der Waals surface area contributed by atoms with Crippen molar-refractivity contribution >= 4 is 17.3 Å². The Morgan fingerprint density at radius 3 is 2.47 bits per heavy atom. The Bertz CT molecular complexity index is 433. The van der Waals surface area contributed by atoms with Gasteiger partial charge < -0.3 is 20.6 Å². The van der Waals surface area contributed by atoms with Crippen molar-refractivity contribution in [2.45, 2.75) is 13.3 Å². The molecule has 0 unspecified atom stereocenters. The molecular weight excluding hydrogens is 242 g/mol. The molecule has 1 rings (SSSR count). The van der Waals surface area contributed by atoms with Crippen molar-refractivity contribution in [2.75, 3.05) is 44.4 Å².